The maximum atomic E-state index is 13.4. The maximum Gasteiger partial charge on any atom is 0.293 e. The largest absolute Gasteiger partial charge is 0.469 e. The molecule has 2 amide bonds. The van der Waals surface area contributed by atoms with Crippen molar-refractivity contribution in [3.63, 3.8) is 0 Å². The van der Waals surface area contributed by atoms with Gasteiger partial charge >= 0.3 is 0 Å². The number of carbonyl (C=O) groups excluding carboxylic acids is 2. The van der Waals surface area contributed by atoms with Gasteiger partial charge < -0.3 is 19.2 Å². The van der Waals surface area contributed by atoms with E-state index in [0.29, 0.717) is 43.1 Å². The predicted octanol–water partition coefficient (Wildman–Crippen LogP) is 2.52. The number of nitrogens with one attached hydrogen (secondary N) is 1. The summed E-state index contributed by atoms with van der Waals surface area (Å²) in [6.45, 7) is 3.59. The number of furan rings is 1. The Bertz CT molecular complexity index is 1140. The van der Waals surface area contributed by atoms with Gasteiger partial charge in [-0.3, -0.25) is 9.59 Å². The van der Waals surface area contributed by atoms with Crippen molar-refractivity contribution in [1.82, 2.24) is 19.7 Å². The van der Waals surface area contributed by atoms with E-state index in [9.17, 15) is 14.0 Å². The van der Waals surface area contributed by atoms with E-state index in [1.54, 1.807) is 19.1 Å². The number of benzene rings is 1. The lowest BCUT2D eigenvalue weighted by atomic mass is 9.89. The first-order valence-corrected chi connectivity index (χ1v) is 9.82. The summed E-state index contributed by atoms with van der Waals surface area (Å²) in [6.07, 6.45) is 2.18. The molecule has 2 aliphatic rings. The van der Waals surface area contributed by atoms with Gasteiger partial charge in [0.05, 0.1) is 11.8 Å². The minimum absolute atomic E-state index is 0.0320. The second-order valence-corrected chi connectivity index (χ2v) is 7.84. The number of aryl methyl sites for hydroxylation is 1. The van der Waals surface area contributed by atoms with E-state index in [0.717, 1.165) is 5.82 Å². The Labute approximate surface area is 171 Å². The molecule has 0 radical (unpaired) electrons. The van der Waals surface area contributed by atoms with Crippen LogP contribution in [0.2, 0.25) is 0 Å². The van der Waals surface area contributed by atoms with Crippen LogP contribution < -0.4 is 5.32 Å². The Morgan fingerprint density at radius 3 is 2.77 bits per heavy atom. The van der Waals surface area contributed by atoms with Crippen LogP contribution in [-0.2, 0) is 13.0 Å². The van der Waals surface area contributed by atoms with Crippen LogP contribution in [-0.4, -0.2) is 44.6 Å². The molecule has 1 N–H and O–H groups in total. The fourth-order valence-corrected chi connectivity index (χ4v) is 4.39. The minimum Gasteiger partial charge on any atom is -0.469 e. The van der Waals surface area contributed by atoms with Gasteiger partial charge in [-0.25, -0.2) is 4.39 Å². The van der Waals surface area contributed by atoms with E-state index < -0.39 is 11.7 Å². The van der Waals surface area contributed by atoms with Gasteiger partial charge in [-0.15, -0.1) is 10.2 Å². The summed E-state index contributed by atoms with van der Waals surface area (Å²) in [6, 6.07) is 7.40. The molecule has 1 saturated heterocycles. The molecule has 9 heteroatoms. The van der Waals surface area contributed by atoms with Crippen molar-refractivity contribution in [2.24, 2.45) is 11.8 Å². The molecule has 1 aromatic carbocycles. The van der Waals surface area contributed by atoms with Gasteiger partial charge in [0.2, 0.25) is 5.82 Å². The van der Waals surface area contributed by atoms with Gasteiger partial charge in [-0.05, 0) is 43.0 Å². The molecule has 0 bridgehead atoms. The molecule has 2 aromatic heterocycles. The highest BCUT2D eigenvalue weighted by atomic mass is 19.1. The van der Waals surface area contributed by atoms with Gasteiger partial charge in [0.25, 0.3) is 11.8 Å². The molecule has 8 nitrogen and oxygen atoms in total. The lowest BCUT2D eigenvalue weighted by Gasteiger charge is -2.25. The molecule has 0 saturated carbocycles. The number of aromatic nitrogens is 3. The summed E-state index contributed by atoms with van der Waals surface area (Å²) in [5, 5.41) is 10.9. The zero-order chi connectivity index (χ0) is 20.8. The van der Waals surface area contributed by atoms with E-state index >= 15 is 0 Å². The Morgan fingerprint density at radius 2 is 2.00 bits per heavy atom. The number of rotatable bonds is 3. The van der Waals surface area contributed by atoms with Crippen LogP contribution in [0.1, 0.15) is 32.6 Å². The van der Waals surface area contributed by atoms with Crippen LogP contribution in [0.5, 0.6) is 0 Å². The predicted molar refractivity (Wildman–Crippen MR) is 104 cm³/mol. The maximum absolute atomic E-state index is 13.4. The molecule has 2 atom stereocenters. The van der Waals surface area contributed by atoms with Crippen LogP contribution >= 0.6 is 0 Å². The highest BCUT2D eigenvalue weighted by Crippen LogP contribution is 2.33. The number of anilines is 1. The SMILES string of the molecule is Cc1occc1C(=O)N1CC2Cc3nnc(C(=O)Nc4cccc(F)c4)n3CC2C1. The molecule has 3 aromatic rings. The smallest absolute Gasteiger partial charge is 0.293 e. The molecule has 30 heavy (non-hydrogen) atoms. The third-order valence-electron chi connectivity index (χ3n) is 5.93. The fraction of sp³-hybridized carbons (Fsp3) is 0.333. The lowest BCUT2D eigenvalue weighted by Crippen LogP contribution is -2.31. The van der Waals surface area contributed by atoms with E-state index in [2.05, 4.69) is 15.5 Å². The first kappa shape index (κ1) is 18.5. The highest BCUT2D eigenvalue weighted by Gasteiger charge is 2.41. The number of hydrogen-bond acceptors (Lipinski definition) is 5. The minimum atomic E-state index is -0.433. The number of fused-ring (bicyclic) bond motifs is 2. The first-order chi connectivity index (χ1) is 14.5. The molecule has 2 unspecified atom stereocenters. The van der Waals surface area contributed by atoms with Crippen molar-refractivity contribution >= 4 is 17.5 Å². The number of amides is 2. The van der Waals surface area contributed by atoms with Crippen LogP contribution in [0, 0.1) is 24.6 Å². The number of halogens is 1. The first-order valence-electron chi connectivity index (χ1n) is 9.82. The van der Waals surface area contributed by atoms with Crippen molar-refractivity contribution in [2.45, 2.75) is 19.9 Å². The molecule has 4 heterocycles. The van der Waals surface area contributed by atoms with Crippen LogP contribution in [0.15, 0.2) is 41.0 Å². The summed E-state index contributed by atoms with van der Waals surface area (Å²) >= 11 is 0. The molecule has 5 rings (SSSR count). The average molecular weight is 409 g/mol. The quantitative estimate of drug-likeness (QED) is 0.718. The Morgan fingerprint density at radius 1 is 1.17 bits per heavy atom. The zero-order valence-electron chi connectivity index (χ0n) is 16.3. The number of likely N-dealkylation sites (tertiary alicyclic amines) is 1. The van der Waals surface area contributed by atoms with Gasteiger partial charge in [0, 0.05) is 31.7 Å². The molecule has 0 aliphatic carbocycles. The second-order valence-electron chi connectivity index (χ2n) is 7.84. The Balaban J connectivity index is 1.32. The van der Waals surface area contributed by atoms with E-state index in [-0.39, 0.29) is 23.6 Å². The van der Waals surface area contributed by atoms with Gasteiger partial charge in [0.1, 0.15) is 17.4 Å². The molecular weight excluding hydrogens is 389 g/mol. The Kier molecular flexibility index (Phi) is 4.38. The van der Waals surface area contributed by atoms with Crippen molar-refractivity contribution in [1.29, 1.82) is 0 Å². The third kappa shape index (κ3) is 3.16. The molecule has 1 fully saturated rings. The van der Waals surface area contributed by atoms with Crippen molar-refractivity contribution in [2.75, 3.05) is 18.4 Å². The fourth-order valence-electron chi connectivity index (χ4n) is 4.39. The standard InChI is InChI=1S/C21H20FN5O3/c1-12-17(5-6-30-12)21(29)26-9-13-7-18-24-25-19(27(18)11-14(13)10-26)20(28)23-16-4-2-3-15(22)8-16/h2-6,8,13-14H,7,9-11H2,1H3,(H,23,28). The summed E-state index contributed by atoms with van der Waals surface area (Å²) in [4.78, 5) is 27.4. The Hall–Kier alpha value is -3.49. The van der Waals surface area contributed by atoms with E-state index in [1.807, 2.05) is 9.47 Å². The second kappa shape index (κ2) is 7.08. The summed E-state index contributed by atoms with van der Waals surface area (Å²) in [7, 11) is 0. The van der Waals surface area contributed by atoms with Crippen molar-refractivity contribution in [3.05, 3.63) is 65.4 Å². The lowest BCUT2D eigenvalue weighted by molar-refractivity contribution is 0.0781. The molecular formula is C21H20FN5O3. The summed E-state index contributed by atoms with van der Waals surface area (Å²) in [5.74, 6) is 1.14. The number of hydrogen-bond donors (Lipinski definition) is 1. The summed E-state index contributed by atoms with van der Waals surface area (Å²) in [5.41, 5.74) is 0.947. The van der Waals surface area contributed by atoms with Gasteiger partial charge in [-0.2, -0.15) is 0 Å². The van der Waals surface area contributed by atoms with Crippen molar-refractivity contribution in [3.8, 4) is 0 Å². The van der Waals surface area contributed by atoms with Gasteiger partial charge in [-0.1, -0.05) is 6.07 Å². The van der Waals surface area contributed by atoms with Crippen molar-refractivity contribution < 1.29 is 18.4 Å². The number of nitrogens with zero attached hydrogens (tertiary/aromatic N) is 4. The summed E-state index contributed by atoms with van der Waals surface area (Å²) < 4.78 is 20.5. The van der Waals surface area contributed by atoms with Crippen LogP contribution in [0.3, 0.4) is 0 Å². The molecule has 2 aliphatic heterocycles. The normalized spacial score (nSPS) is 20.0. The van der Waals surface area contributed by atoms with E-state index in [4.69, 9.17) is 4.42 Å². The average Bonchev–Trinajstić information content (AvgIpc) is 3.43. The third-order valence-corrected chi connectivity index (χ3v) is 5.93. The van der Waals surface area contributed by atoms with E-state index in [1.165, 1.54) is 24.5 Å². The molecule has 0 spiro atoms. The van der Waals surface area contributed by atoms with Gasteiger partial charge in [0.15, 0.2) is 0 Å². The van der Waals surface area contributed by atoms with Crippen LogP contribution in [0.4, 0.5) is 10.1 Å². The topological polar surface area (TPSA) is 93.3 Å². The monoisotopic (exact) mass is 409 g/mol. The highest BCUT2D eigenvalue weighted by molar-refractivity contribution is 6.01. The zero-order valence-corrected chi connectivity index (χ0v) is 16.3. The van der Waals surface area contributed by atoms with Crippen LogP contribution in [0.25, 0.3) is 0 Å². The molecule has 154 valence electrons. The number of carbonyl (C=O) groups is 2.